The zero-order valence-electron chi connectivity index (χ0n) is 7.95. The minimum Gasteiger partial charge on any atom is -0.394 e. The van der Waals surface area contributed by atoms with E-state index in [1.807, 2.05) is 6.92 Å². The van der Waals surface area contributed by atoms with Gasteiger partial charge in [-0.2, -0.15) is 0 Å². The van der Waals surface area contributed by atoms with Crippen molar-refractivity contribution in [3.63, 3.8) is 0 Å². The molecule has 2 N–H and O–H groups in total. The van der Waals surface area contributed by atoms with Crippen molar-refractivity contribution in [2.24, 2.45) is 0 Å². The average molecular weight is 192 g/mol. The highest BCUT2D eigenvalue weighted by molar-refractivity contribution is 5.83. The van der Waals surface area contributed by atoms with Gasteiger partial charge in [-0.25, -0.2) is 0 Å². The van der Waals surface area contributed by atoms with Crippen LogP contribution in [-0.4, -0.2) is 35.4 Å². The molecule has 0 aromatic carbocycles. The Kier molecular flexibility index (Phi) is 12.4. The Morgan fingerprint density at radius 3 is 1.92 bits per heavy atom. The monoisotopic (exact) mass is 192 g/mol. The molecule has 0 aliphatic carbocycles. The van der Waals surface area contributed by atoms with Gasteiger partial charge < -0.3 is 14.9 Å². The number of rotatable bonds is 3. The molecule has 13 heavy (non-hydrogen) atoms. The zero-order chi connectivity index (χ0) is 10.7. The third kappa shape index (κ3) is 18.2. The molecule has 0 heterocycles. The smallest absolute Gasteiger partial charge is 0.313 e. The third-order valence-corrected chi connectivity index (χ3v) is 0.812. The predicted octanol–water partition coefficient (Wildman–Crippen LogP) is -0.153. The summed E-state index contributed by atoms with van der Waals surface area (Å²) in [5.74, 6) is -0.974. The SMILES string of the molecule is CCCC(=O)OC(C)=O.OCCO. The number of carbonyl (C=O) groups is 2. The highest BCUT2D eigenvalue weighted by Gasteiger charge is 2.02. The molecule has 0 saturated heterocycles. The standard InChI is InChI=1S/C6H10O3.C2H6O2/c1-3-4-6(8)9-5(2)7;3-1-2-4/h3-4H2,1-2H3;3-4H,1-2H2. The van der Waals surface area contributed by atoms with Gasteiger partial charge in [-0.05, 0) is 6.42 Å². The first-order chi connectivity index (χ1) is 6.08. The second-order valence-corrected chi connectivity index (χ2v) is 2.16. The molecule has 0 saturated carbocycles. The molecule has 78 valence electrons. The topological polar surface area (TPSA) is 83.8 Å². The Labute approximate surface area is 77.3 Å². The molecule has 0 rings (SSSR count). The number of ether oxygens (including phenoxy) is 1. The lowest BCUT2D eigenvalue weighted by atomic mass is 10.3. The van der Waals surface area contributed by atoms with Crippen LogP contribution in [0.25, 0.3) is 0 Å². The van der Waals surface area contributed by atoms with E-state index < -0.39 is 11.9 Å². The molecule has 5 nitrogen and oxygen atoms in total. The summed E-state index contributed by atoms with van der Waals surface area (Å²) < 4.78 is 4.21. The largest absolute Gasteiger partial charge is 0.394 e. The summed E-state index contributed by atoms with van der Waals surface area (Å²) >= 11 is 0. The second-order valence-electron chi connectivity index (χ2n) is 2.16. The molecule has 0 fully saturated rings. The van der Waals surface area contributed by atoms with Crippen molar-refractivity contribution in [2.45, 2.75) is 26.7 Å². The van der Waals surface area contributed by atoms with Gasteiger partial charge >= 0.3 is 11.9 Å². The first-order valence-corrected chi connectivity index (χ1v) is 4.01. The number of esters is 2. The van der Waals surface area contributed by atoms with Crippen molar-refractivity contribution in [3.05, 3.63) is 0 Å². The number of aliphatic hydroxyl groups excluding tert-OH is 2. The van der Waals surface area contributed by atoms with E-state index in [-0.39, 0.29) is 13.2 Å². The average Bonchev–Trinajstić information content (AvgIpc) is 2.04. The van der Waals surface area contributed by atoms with Crippen LogP contribution in [0.4, 0.5) is 0 Å². The first-order valence-electron chi connectivity index (χ1n) is 4.01. The van der Waals surface area contributed by atoms with Gasteiger partial charge in [0.2, 0.25) is 0 Å². The number of hydrogen-bond acceptors (Lipinski definition) is 5. The summed E-state index contributed by atoms with van der Waals surface area (Å²) in [6.07, 6.45) is 1.03. The predicted molar refractivity (Wildman–Crippen MR) is 45.9 cm³/mol. The maximum atomic E-state index is 10.4. The molecule has 0 unspecified atom stereocenters. The van der Waals surface area contributed by atoms with Crippen LogP contribution in [0, 0.1) is 0 Å². The van der Waals surface area contributed by atoms with Crippen LogP contribution in [0.2, 0.25) is 0 Å². The summed E-state index contributed by atoms with van der Waals surface area (Å²) in [6.45, 7) is 2.81. The minimum atomic E-state index is -0.534. The van der Waals surface area contributed by atoms with E-state index >= 15 is 0 Å². The van der Waals surface area contributed by atoms with Gasteiger partial charge in [-0.15, -0.1) is 0 Å². The van der Waals surface area contributed by atoms with Crippen LogP contribution in [0.3, 0.4) is 0 Å². The molecular weight excluding hydrogens is 176 g/mol. The Bertz CT molecular complexity index is 141. The lowest BCUT2D eigenvalue weighted by molar-refractivity contribution is -0.158. The highest BCUT2D eigenvalue weighted by atomic mass is 16.6. The first kappa shape index (κ1) is 14.6. The normalized spacial score (nSPS) is 8.31. The van der Waals surface area contributed by atoms with Crippen LogP contribution in [0.1, 0.15) is 26.7 Å². The summed E-state index contributed by atoms with van der Waals surface area (Å²) in [4.78, 5) is 20.5. The van der Waals surface area contributed by atoms with E-state index in [0.29, 0.717) is 12.8 Å². The van der Waals surface area contributed by atoms with Gasteiger partial charge in [0.1, 0.15) is 0 Å². The zero-order valence-corrected chi connectivity index (χ0v) is 7.95. The molecule has 0 radical (unpaired) electrons. The fraction of sp³-hybridized carbons (Fsp3) is 0.750. The number of carbonyl (C=O) groups excluding carboxylic acids is 2. The quantitative estimate of drug-likeness (QED) is 0.479. The van der Waals surface area contributed by atoms with Crippen LogP contribution >= 0.6 is 0 Å². The molecule has 0 aliphatic heterocycles. The van der Waals surface area contributed by atoms with Crippen LogP contribution in [0.15, 0.2) is 0 Å². The van der Waals surface area contributed by atoms with E-state index in [2.05, 4.69) is 4.74 Å². The summed E-state index contributed by atoms with van der Waals surface area (Å²) in [7, 11) is 0. The summed E-state index contributed by atoms with van der Waals surface area (Å²) in [6, 6.07) is 0. The fourth-order valence-corrected chi connectivity index (χ4v) is 0.415. The third-order valence-electron chi connectivity index (χ3n) is 0.812. The number of hydrogen-bond donors (Lipinski definition) is 2. The van der Waals surface area contributed by atoms with Crippen molar-refractivity contribution in [1.82, 2.24) is 0 Å². The Balaban J connectivity index is 0. The summed E-state index contributed by atoms with van der Waals surface area (Å²) in [5.41, 5.74) is 0. The molecule has 0 aliphatic rings. The van der Waals surface area contributed by atoms with E-state index in [0.717, 1.165) is 0 Å². The van der Waals surface area contributed by atoms with Crippen molar-refractivity contribution < 1.29 is 24.5 Å². The van der Waals surface area contributed by atoms with Gasteiger partial charge in [0.15, 0.2) is 0 Å². The molecule has 0 amide bonds. The molecule has 5 heteroatoms. The molecular formula is C8H16O5. The highest BCUT2D eigenvalue weighted by Crippen LogP contribution is 1.90. The van der Waals surface area contributed by atoms with E-state index in [9.17, 15) is 9.59 Å². The minimum absolute atomic E-state index is 0.125. The van der Waals surface area contributed by atoms with Gasteiger partial charge in [-0.3, -0.25) is 9.59 Å². The van der Waals surface area contributed by atoms with Crippen molar-refractivity contribution in [1.29, 1.82) is 0 Å². The Morgan fingerprint density at radius 2 is 1.69 bits per heavy atom. The lowest BCUT2D eigenvalue weighted by Gasteiger charge is -1.94. The van der Waals surface area contributed by atoms with E-state index in [1.165, 1.54) is 6.92 Å². The lowest BCUT2D eigenvalue weighted by Crippen LogP contribution is -2.07. The maximum absolute atomic E-state index is 10.4. The molecule has 0 bridgehead atoms. The fourth-order valence-electron chi connectivity index (χ4n) is 0.415. The molecule has 0 atom stereocenters. The van der Waals surface area contributed by atoms with Gasteiger partial charge in [0.05, 0.1) is 13.2 Å². The van der Waals surface area contributed by atoms with Crippen LogP contribution in [-0.2, 0) is 14.3 Å². The second kappa shape index (κ2) is 11.1. The molecule has 0 aromatic rings. The Morgan fingerprint density at radius 1 is 1.23 bits per heavy atom. The number of aliphatic hydroxyl groups is 2. The molecule has 0 spiro atoms. The Hall–Kier alpha value is -0.940. The maximum Gasteiger partial charge on any atom is 0.313 e. The van der Waals surface area contributed by atoms with Gasteiger partial charge in [-0.1, -0.05) is 6.92 Å². The van der Waals surface area contributed by atoms with E-state index in [1.54, 1.807) is 0 Å². The van der Waals surface area contributed by atoms with Crippen molar-refractivity contribution >= 4 is 11.9 Å². The van der Waals surface area contributed by atoms with Gasteiger partial charge in [0, 0.05) is 13.3 Å². The molecule has 0 aromatic heterocycles. The van der Waals surface area contributed by atoms with Gasteiger partial charge in [0.25, 0.3) is 0 Å². The summed E-state index contributed by atoms with van der Waals surface area (Å²) in [5, 5.41) is 15.2. The van der Waals surface area contributed by atoms with Crippen LogP contribution < -0.4 is 0 Å². The van der Waals surface area contributed by atoms with E-state index in [4.69, 9.17) is 10.2 Å². The van der Waals surface area contributed by atoms with Crippen molar-refractivity contribution in [3.8, 4) is 0 Å². The van der Waals surface area contributed by atoms with Crippen molar-refractivity contribution in [2.75, 3.05) is 13.2 Å². The van der Waals surface area contributed by atoms with Crippen LogP contribution in [0.5, 0.6) is 0 Å².